The molecule has 20 heavy (non-hydrogen) atoms. The third-order valence-corrected chi connectivity index (χ3v) is 4.11. The second-order valence-electron chi connectivity index (χ2n) is 5.59. The Balaban J connectivity index is 2.84. The molecule has 0 aliphatic rings. The Kier molecular flexibility index (Phi) is 6.19. The standard InChI is InChI=1S/C13H24N2O4S/c1-10(2)7-11(8-15(3)4)14-20(17,18)13-6-5-12(9-16)19-13/h5-6,10-11,14,16H,7-9H2,1-4H3. The number of sulfonamides is 1. The highest BCUT2D eigenvalue weighted by Gasteiger charge is 2.24. The van der Waals surface area contributed by atoms with Crippen molar-refractivity contribution in [1.82, 2.24) is 9.62 Å². The van der Waals surface area contributed by atoms with E-state index in [4.69, 9.17) is 9.52 Å². The summed E-state index contributed by atoms with van der Waals surface area (Å²) in [5.74, 6) is 0.616. The molecule has 1 aromatic heterocycles. The van der Waals surface area contributed by atoms with Crippen LogP contribution in [0.4, 0.5) is 0 Å². The lowest BCUT2D eigenvalue weighted by Gasteiger charge is -2.23. The monoisotopic (exact) mass is 304 g/mol. The molecule has 0 saturated carbocycles. The van der Waals surface area contributed by atoms with Crippen LogP contribution in [0, 0.1) is 5.92 Å². The van der Waals surface area contributed by atoms with Gasteiger partial charge >= 0.3 is 0 Å². The van der Waals surface area contributed by atoms with Crippen LogP contribution in [0.5, 0.6) is 0 Å². The molecule has 0 aliphatic heterocycles. The highest BCUT2D eigenvalue weighted by molar-refractivity contribution is 7.89. The fourth-order valence-corrected chi connectivity index (χ4v) is 3.22. The summed E-state index contributed by atoms with van der Waals surface area (Å²) >= 11 is 0. The van der Waals surface area contributed by atoms with Gasteiger partial charge in [-0.05, 0) is 38.6 Å². The van der Waals surface area contributed by atoms with Crippen LogP contribution in [-0.2, 0) is 16.6 Å². The van der Waals surface area contributed by atoms with Crippen LogP contribution in [0.3, 0.4) is 0 Å². The van der Waals surface area contributed by atoms with Crippen molar-refractivity contribution in [3.8, 4) is 0 Å². The van der Waals surface area contributed by atoms with E-state index in [1.165, 1.54) is 12.1 Å². The Labute approximate surface area is 120 Å². The summed E-state index contributed by atoms with van der Waals surface area (Å²) in [6.07, 6.45) is 0.741. The molecule has 0 aliphatic carbocycles. The van der Waals surface area contributed by atoms with Crippen molar-refractivity contribution in [3.05, 3.63) is 17.9 Å². The summed E-state index contributed by atoms with van der Waals surface area (Å²) in [4.78, 5) is 1.94. The van der Waals surface area contributed by atoms with Crippen LogP contribution in [0.15, 0.2) is 21.6 Å². The van der Waals surface area contributed by atoms with Crippen molar-refractivity contribution < 1.29 is 17.9 Å². The quantitative estimate of drug-likeness (QED) is 0.749. The minimum absolute atomic E-state index is 0.158. The third kappa shape index (κ3) is 5.24. The minimum atomic E-state index is -3.69. The van der Waals surface area contributed by atoms with Crippen molar-refractivity contribution in [2.24, 2.45) is 5.92 Å². The molecule has 1 rings (SSSR count). The molecule has 116 valence electrons. The summed E-state index contributed by atoms with van der Waals surface area (Å²) in [5.41, 5.74) is 0. The van der Waals surface area contributed by atoms with Crippen LogP contribution >= 0.6 is 0 Å². The second kappa shape index (κ2) is 7.21. The lowest BCUT2D eigenvalue weighted by molar-refractivity contribution is 0.236. The molecule has 0 bridgehead atoms. The number of hydrogen-bond donors (Lipinski definition) is 2. The Morgan fingerprint density at radius 2 is 2.00 bits per heavy atom. The number of nitrogens with zero attached hydrogens (tertiary/aromatic N) is 1. The first-order valence-corrected chi connectivity index (χ1v) is 8.09. The second-order valence-corrected chi connectivity index (χ2v) is 7.23. The molecule has 0 amide bonds. The van der Waals surface area contributed by atoms with Gasteiger partial charge in [-0.1, -0.05) is 13.8 Å². The SMILES string of the molecule is CC(C)CC(CN(C)C)NS(=O)(=O)c1ccc(CO)o1. The molecule has 1 unspecified atom stereocenters. The summed E-state index contributed by atoms with van der Waals surface area (Å²) in [5, 5.41) is 8.76. The molecule has 0 spiro atoms. The van der Waals surface area contributed by atoms with E-state index < -0.39 is 10.0 Å². The molecule has 1 atom stereocenters. The lowest BCUT2D eigenvalue weighted by Crippen LogP contribution is -2.42. The van der Waals surface area contributed by atoms with Crippen molar-refractivity contribution in [1.29, 1.82) is 0 Å². The van der Waals surface area contributed by atoms with E-state index in [1.54, 1.807) is 0 Å². The summed E-state index contributed by atoms with van der Waals surface area (Å²) in [6.45, 7) is 4.40. The van der Waals surface area contributed by atoms with Crippen LogP contribution in [0.1, 0.15) is 26.0 Å². The van der Waals surface area contributed by atoms with Gasteiger partial charge in [-0.3, -0.25) is 0 Å². The van der Waals surface area contributed by atoms with Crippen molar-refractivity contribution in [2.75, 3.05) is 20.6 Å². The average Bonchev–Trinajstić information content (AvgIpc) is 2.75. The number of likely N-dealkylation sites (N-methyl/N-ethyl adjacent to an activating group) is 1. The predicted molar refractivity (Wildman–Crippen MR) is 76.7 cm³/mol. The zero-order chi connectivity index (χ0) is 15.3. The van der Waals surface area contributed by atoms with E-state index in [2.05, 4.69) is 4.72 Å². The van der Waals surface area contributed by atoms with E-state index in [0.29, 0.717) is 12.5 Å². The Bertz CT molecular complexity index is 498. The molecule has 1 aromatic rings. The van der Waals surface area contributed by atoms with Gasteiger partial charge in [0.05, 0.1) is 0 Å². The molecule has 6 nitrogen and oxygen atoms in total. The maximum absolute atomic E-state index is 12.2. The van der Waals surface area contributed by atoms with Crippen LogP contribution < -0.4 is 4.72 Å². The summed E-state index contributed by atoms with van der Waals surface area (Å²) < 4.78 is 32.2. The van der Waals surface area contributed by atoms with Gasteiger partial charge in [0.15, 0.2) is 0 Å². The van der Waals surface area contributed by atoms with E-state index >= 15 is 0 Å². The van der Waals surface area contributed by atoms with Crippen LogP contribution in [-0.4, -0.2) is 45.1 Å². The average molecular weight is 304 g/mol. The molecule has 0 aromatic carbocycles. The van der Waals surface area contributed by atoms with Gasteiger partial charge in [0.25, 0.3) is 10.0 Å². The molecule has 1 heterocycles. The first-order chi connectivity index (χ1) is 9.24. The van der Waals surface area contributed by atoms with E-state index in [9.17, 15) is 8.42 Å². The Morgan fingerprint density at radius 3 is 2.45 bits per heavy atom. The van der Waals surface area contributed by atoms with E-state index in [-0.39, 0.29) is 23.5 Å². The first-order valence-electron chi connectivity index (χ1n) is 6.61. The zero-order valence-electron chi connectivity index (χ0n) is 12.5. The normalized spacial score (nSPS) is 14.2. The third-order valence-electron chi connectivity index (χ3n) is 2.72. The number of hydrogen-bond acceptors (Lipinski definition) is 5. The van der Waals surface area contributed by atoms with Crippen molar-refractivity contribution >= 4 is 10.0 Å². The number of aliphatic hydroxyl groups is 1. The molecular weight excluding hydrogens is 280 g/mol. The smallest absolute Gasteiger partial charge is 0.274 e. The van der Waals surface area contributed by atoms with Gasteiger partial charge < -0.3 is 14.4 Å². The number of nitrogens with one attached hydrogen (secondary N) is 1. The van der Waals surface area contributed by atoms with Crippen LogP contribution in [0.2, 0.25) is 0 Å². The molecule has 0 fully saturated rings. The summed E-state index contributed by atoms with van der Waals surface area (Å²) in [7, 11) is 0.108. The highest BCUT2D eigenvalue weighted by Crippen LogP contribution is 2.16. The maximum atomic E-state index is 12.2. The highest BCUT2D eigenvalue weighted by atomic mass is 32.2. The maximum Gasteiger partial charge on any atom is 0.274 e. The topological polar surface area (TPSA) is 82.8 Å². The molecular formula is C13H24N2O4S. The fourth-order valence-electron chi connectivity index (χ4n) is 2.03. The minimum Gasteiger partial charge on any atom is -0.446 e. The molecule has 0 saturated heterocycles. The number of rotatable bonds is 8. The van der Waals surface area contributed by atoms with E-state index in [1.807, 2.05) is 32.8 Å². The molecule has 7 heteroatoms. The predicted octanol–water partition coefficient (Wildman–Crippen LogP) is 1.03. The Morgan fingerprint density at radius 1 is 1.35 bits per heavy atom. The van der Waals surface area contributed by atoms with E-state index in [0.717, 1.165) is 6.42 Å². The van der Waals surface area contributed by atoms with Crippen molar-refractivity contribution in [3.63, 3.8) is 0 Å². The van der Waals surface area contributed by atoms with Gasteiger partial charge in [-0.15, -0.1) is 0 Å². The Hall–Kier alpha value is -0.890. The molecule has 0 radical (unpaired) electrons. The molecule has 2 N–H and O–H groups in total. The van der Waals surface area contributed by atoms with Gasteiger partial charge in [0.1, 0.15) is 12.4 Å². The van der Waals surface area contributed by atoms with Crippen LogP contribution in [0.25, 0.3) is 0 Å². The van der Waals surface area contributed by atoms with Gasteiger partial charge in [0.2, 0.25) is 5.09 Å². The number of furan rings is 1. The largest absolute Gasteiger partial charge is 0.446 e. The number of aliphatic hydroxyl groups excluding tert-OH is 1. The zero-order valence-corrected chi connectivity index (χ0v) is 13.3. The first kappa shape index (κ1) is 17.2. The van der Waals surface area contributed by atoms with Gasteiger partial charge in [-0.2, -0.15) is 0 Å². The van der Waals surface area contributed by atoms with Gasteiger partial charge in [-0.25, -0.2) is 13.1 Å². The summed E-state index contributed by atoms with van der Waals surface area (Å²) in [6, 6.07) is 2.63. The van der Waals surface area contributed by atoms with Gasteiger partial charge in [0, 0.05) is 12.6 Å². The fraction of sp³-hybridized carbons (Fsp3) is 0.692. The van der Waals surface area contributed by atoms with Crippen molar-refractivity contribution in [2.45, 2.75) is 38.0 Å². The lowest BCUT2D eigenvalue weighted by atomic mass is 10.0.